The Morgan fingerprint density at radius 2 is 2.35 bits per heavy atom. The number of aliphatic imine (C=N–C) groups is 1. The lowest BCUT2D eigenvalue weighted by Gasteiger charge is -2.15. The zero-order valence-corrected chi connectivity index (χ0v) is 11.2. The molecule has 1 aromatic heterocycles. The lowest BCUT2D eigenvalue weighted by atomic mass is 10.2. The maximum absolute atomic E-state index is 5.45. The first-order valence-corrected chi connectivity index (χ1v) is 6.85. The van der Waals surface area contributed by atoms with Crippen molar-refractivity contribution >= 4 is 17.3 Å². The van der Waals surface area contributed by atoms with Crippen molar-refractivity contribution in [2.24, 2.45) is 10.8 Å². The van der Waals surface area contributed by atoms with Gasteiger partial charge in [0.25, 0.3) is 0 Å². The third-order valence-corrected chi connectivity index (χ3v) is 3.70. The first kappa shape index (κ1) is 12.4. The Labute approximate surface area is 106 Å². The maximum atomic E-state index is 5.45. The van der Waals surface area contributed by atoms with Crippen LogP contribution in [-0.2, 0) is 6.42 Å². The molecule has 1 fully saturated rings. The van der Waals surface area contributed by atoms with Crippen LogP contribution in [0, 0.1) is 6.92 Å². The minimum absolute atomic E-state index is 0.335. The summed E-state index contributed by atoms with van der Waals surface area (Å²) < 4.78 is 0. The van der Waals surface area contributed by atoms with E-state index < -0.39 is 0 Å². The average molecular weight is 252 g/mol. The number of hydrogen-bond acceptors (Lipinski definition) is 3. The zero-order chi connectivity index (χ0) is 12.3. The van der Waals surface area contributed by atoms with Crippen molar-refractivity contribution < 1.29 is 0 Å². The van der Waals surface area contributed by atoms with Crippen LogP contribution in [0.2, 0.25) is 0 Å². The molecule has 1 aromatic rings. The van der Waals surface area contributed by atoms with E-state index in [9.17, 15) is 0 Å². The first-order chi connectivity index (χ1) is 8.17. The topological polar surface area (TPSA) is 62.4 Å². The molecule has 0 bridgehead atoms. The monoisotopic (exact) mass is 252 g/mol. The molecular weight excluding hydrogens is 232 g/mol. The summed E-state index contributed by atoms with van der Waals surface area (Å²) in [6, 6.07) is 5.16. The van der Waals surface area contributed by atoms with Crippen molar-refractivity contribution in [3.63, 3.8) is 0 Å². The van der Waals surface area contributed by atoms with E-state index in [1.54, 1.807) is 0 Å². The van der Waals surface area contributed by atoms with E-state index in [0.29, 0.717) is 18.0 Å². The molecule has 4 N–H and O–H groups in total. The summed E-state index contributed by atoms with van der Waals surface area (Å²) in [4.78, 5) is 7.22. The number of aryl methyl sites for hydroxylation is 1. The summed E-state index contributed by atoms with van der Waals surface area (Å²) in [5, 5.41) is 3.32. The van der Waals surface area contributed by atoms with Crippen molar-refractivity contribution in [3.8, 4) is 0 Å². The third kappa shape index (κ3) is 4.02. The molecule has 17 heavy (non-hydrogen) atoms. The lowest BCUT2D eigenvalue weighted by molar-refractivity contribution is 0.646. The fraction of sp³-hybridized carbons (Fsp3) is 0.583. The van der Waals surface area contributed by atoms with Gasteiger partial charge in [-0.2, -0.15) is 0 Å². The second kappa shape index (κ2) is 5.51. The predicted molar refractivity (Wildman–Crippen MR) is 73.1 cm³/mol. The number of rotatable bonds is 4. The quantitative estimate of drug-likeness (QED) is 0.330. The van der Waals surface area contributed by atoms with Crippen molar-refractivity contribution in [2.45, 2.75) is 45.2 Å². The molecule has 5 heteroatoms. The predicted octanol–water partition coefficient (Wildman–Crippen LogP) is 1.56. The summed E-state index contributed by atoms with van der Waals surface area (Å²) >= 11 is 1.85. The van der Waals surface area contributed by atoms with Crippen LogP contribution in [0.4, 0.5) is 0 Å². The van der Waals surface area contributed by atoms with Gasteiger partial charge >= 0.3 is 0 Å². The van der Waals surface area contributed by atoms with Gasteiger partial charge in [0.1, 0.15) is 0 Å². The van der Waals surface area contributed by atoms with Crippen LogP contribution in [0.5, 0.6) is 0 Å². The van der Waals surface area contributed by atoms with Gasteiger partial charge in [0.15, 0.2) is 0 Å². The molecular formula is C12H20N4S. The van der Waals surface area contributed by atoms with Crippen LogP contribution in [0.15, 0.2) is 17.1 Å². The van der Waals surface area contributed by atoms with E-state index in [1.807, 2.05) is 11.3 Å². The molecule has 0 saturated heterocycles. The molecule has 1 heterocycles. The van der Waals surface area contributed by atoms with Gasteiger partial charge in [-0.15, -0.1) is 11.3 Å². The first-order valence-electron chi connectivity index (χ1n) is 6.03. The van der Waals surface area contributed by atoms with Crippen LogP contribution in [0.3, 0.4) is 0 Å². The van der Waals surface area contributed by atoms with Crippen molar-refractivity contribution in [1.29, 1.82) is 0 Å². The standard InChI is InChI=1S/C12H20N4S/c1-8(7-11-6-3-9(2)17-11)14-12(16-13)15-10-4-5-10/h3,6,8,10H,4-5,7,13H2,1-2H3,(H2,14,15,16). The van der Waals surface area contributed by atoms with E-state index >= 15 is 0 Å². The Hall–Kier alpha value is -1.07. The Morgan fingerprint density at radius 1 is 1.59 bits per heavy atom. The van der Waals surface area contributed by atoms with Gasteiger partial charge in [-0.3, -0.25) is 5.43 Å². The molecule has 1 aliphatic rings. The number of thiophene rings is 1. The number of nitrogens with one attached hydrogen (secondary N) is 2. The maximum Gasteiger partial charge on any atom is 0.206 e. The molecule has 1 atom stereocenters. The number of hydrogen-bond donors (Lipinski definition) is 3. The fourth-order valence-corrected chi connectivity index (χ4v) is 2.70. The Kier molecular flexibility index (Phi) is 4.02. The van der Waals surface area contributed by atoms with E-state index in [4.69, 9.17) is 5.84 Å². The highest BCUT2D eigenvalue weighted by atomic mass is 32.1. The number of nitrogens with two attached hydrogens (primary N) is 1. The van der Waals surface area contributed by atoms with Gasteiger partial charge in [0, 0.05) is 22.2 Å². The van der Waals surface area contributed by atoms with E-state index in [1.165, 1.54) is 22.6 Å². The molecule has 1 saturated carbocycles. The van der Waals surface area contributed by atoms with Gasteiger partial charge in [-0.1, -0.05) is 0 Å². The minimum Gasteiger partial charge on any atom is -0.353 e. The summed E-state index contributed by atoms with van der Waals surface area (Å²) in [6.07, 6.45) is 3.38. The molecule has 2 rings (SSSR count). The molecule has 94 valence electrons. The Morgan fingerprint density at radius 3 is 2.88 bits per heavy atom. The Bertz CT molecular complexity index is 395. The fourth-order valence-electron chi connectivity index (χ4n) is 1.68. The van der Waals surface area contributed by atoms with Gasteiger partial charge < -0.3 is 5.32 Å². The zero-order valence-electron chi connectivity index (χ0n) is 10.4. The second-order valence-corrected chi connectivity index (χ2v) is 5.99. The average Bonchev–Trinajstić information content (AvgIpc) is 3.01. The van der Waals surface area contributed by atoms with Crippen LogP contribution in [-0.4, -0.2) is 18.0 Å². The highest BCUT2D eigenvalue weighted by Crippen LogP contribution is 2.23. The van der Waals surface area contributed by atoms with Crippen molar-refractivity contribution in [3.05, 3.63) is 21.9 Å². The summed E-state index contributed by atoms with van der Waals surface area (Å²) in [5.41, 5.74) is 2.64. The van der Waals surface area contributed by atoms with Gasteiger partial charge in [-0.25, -0.2) is 10.8 Å². The smallest absolute Gasteiger partial charge is 0.206 e. The largest absolute Gasteiger partial charge is 0.353 e. The number of guanidine groups is 1. The number of hydrazine groups is 1. The van der Waals surface area contributed by atoms with E-state index in [2.05, 4.69) is 41.7 Å². The molecule has 4 nitrogen and oxygen atoms in total. The molecule has 1 aliphatic carbocycles. The van der Waals surface area contributed by atoms with E-state index in [-0.39, 0.29) is 0 Å². The summed E-state index contributed by atoms with van der Waals surface area (Å²) in [5.74, 6) is 6.17. The molecule has 0 aliphatic heterocycles. The highest BCUT2D eigenvalue weighted by molar-refractivity contribution is 7.11. The van der Waals surface area contributed by atoms with Crippen LogP contribution >= 0.6 is 11.3 Å². The number of nitrogens with zero attached hydrogens (tertiary/aromatic N) is 1. The molecule has 0 aromatic carbocycles. The van der Waals surface area contributed by atoms with Crippen LogP contribution < -0.4 is 16.6 Å². The van der Waals surface area contributed by atoms with Gasteiger partial charge in [-0.05, 0) is 38.8 Å². The molecule has 0 spiro atoms. The highest BCUT2D eigenvalue weighted by Gasteiger charge is 2.21. The van der Waals surface area contributed by atoms with E-state index in [0.717, 1.165) is 6.42 Å². The second-order valence-electron chi connectivity index (χ2n) is 4.62. The SMILES string of the molecule is Cc1ccc(CC(C)NC(=NC2CC2)NN)s1. The molecule has 1 unspecified atom stereocenters. The lowest BCUT2D eigenvalue weighted by Crippen LogP contribution is -2.46. The van der Waals surface area contributed by atoms with Crippen LogP contribution in [0.25, 0.3) is 0 Å². The van der Waals surface area contributed by atoms with Crippen molar-refractivity contribution in [2.75, 3.05) is 0 Å². The van der Waals surface area contributed by atoms with Crippen LogP contribution in [0.1, 0.15) is 29.5 Å². The minimum atomic E-state index is 0.335. The molecule has 0 radical (unpaired) electrons. The third-order valence-electron chi connectivity index (χ3n) is 2.68. The summed E-state index contributed by atoms with van der Waals surface area (Å²) in [6.45, 7) is 4.28. The summed E-state index contributed by atoms with van der Waals surface area (Å²) in [7, 11) is 0. The Balaban J connectivity index is 1.85. The van der Waals surface area contributed by atoms with Gasteiger partial charge in [0.05, 0.1) is 6.04 Å². The van der Waals surface area contributed by atoms with Crippen molar-refractivity contribution in [1.82, 2.24) is 10.7 Å². The van der Waals surface area contributed by atoms with Gasteiger partial charge in [0.2, 0.25) is 5.96 Å². The molecule has 0 amide bonds. The normalized spacial score (nSPS) is 17.9.